The van der Waals surface area contributed by atoms with Gasteiger partial charge in [-0.1, -0.05) is 42.1 Å². The largest absolute Gasteiger partial charge is 0.381 e. The molecule has 1 unspecified atom stereocenters. The van der Waals surface area contributed by atoms with Crippen molar-refractivity contribution in [1.29, 1.82) is 0 Å². The Labute approximate surface area is 172 Å². The molecule has 5 heteroatoms. The van der Waals surface area contributed by atoms with Crippen molar-refractivity contribution in [2.45, 2.75) is 42.5 Å². The number of carbonyl (C=O) groups excluding carboxylic acids is 1. The second-order valence-corrected chi connectivity index (χ2v) is 8.33. The van der Waals surface area contributed by atoms with Crippen molar-refractivity contribution in [3.63, 3.8) is 0 Å². The van der Waals surface area contributed by atoms with E-state index in [0.29, 0.717) is 5.92 Å². The molecule has 1 fully saturated rings. The van der Waals surface area contributed by atoms with Gasteiger partial charge in [0.2, 0.25) is 5.91 Å². The average molecular weight is 399 g/mol. The monoisotopic (exact) mass is 398 g/mol. The molecular formula is C23H30N2O2S. The number of nitrogens with one attached hydrogen (secondary N) is 1. The SMILES string of the molecule is CCOCC1CCN(C(C)C(=O)Nc2ccccc2Sc2ccccc2)CC1. The third kappa shape index (κ3) is 5.84. The number of rotatable bonds is 8. The molecule has 1 amide bonds. The van der Waals surface area contributed by atoms with Gasteiger partial charge in [0.25, 0.3) is 0 Å². The fourth-order valence-corrected chi connectivity index (χ4v) is 4.39. The van der Waals surface area contributed by atoms with Crippen LogP contribution in [0.5, 0.6) is 0 Å². The highest BCUT2D eigenvalue weighted by Gasteiger charge is 2.27. The van der Waals surface area contributed by atoms with Gasteiger partial charge in [0.1, 0.15) is 0 Å². The molecule has 0 aromatic heterocycles. The fourth-order valence-electron chi connectivity index (χ4n) is 3.47. The quantitative estimate of drug-likeness (QED) is 0.686. The first-order chi connectivity index (χ1) is 13.7. The molecule has 28 heavy (non-hydrogen) atoms. The van der Waals surface area contributed by atoms with Gasteiger partial charge in [-0.2, -0.15) is 0 Å². The highest BCUT2D eigenvalue weighted by Crippen LogP contribution is 2.33. The van der Waals surface area contributed by atoms with Gasteiger partial charge in [-0.15, -0.1) is 0 Å². The van der Waals surface area contributed by atoms with Gasteiger partial charge >= 0.3 is 0 Å². The van der Waals surface area contributed by atoms with Crippen LogP contribution in [0.15, 0.2) is 64.4 Å². The molecular weight excluding hydrogens is 368 g/mol. The number of ether oxygens (including phenoxy) is 1. The molecule has 0 radical (unpaired) electrons. The highest BCUT2D eigenvalue weighted by molar-refractivity contribution is 7.99. The molecule has 1 heterocycles. The fraction of sp³-hybridized carbons (Fsp3) is 0.435. The van der Waals surface area contributed by atoms with Crippen molar-refractivity contribution in [2.24, 2.45) is 5.92 Å². The van der Waals surface area contributed by atoms with Gasteiger partial charge in [-0.25, -0.2) is 0 Å². The molecule has 4 nitrogen and oxygen atoms in total. The Kier molecular flexibility index (Phi) is 7.95. The second-order valence-electron chi connectivity index (χ2n) is 7.22. The lowest BCUT2D eigenvalue weighted by atomic mass is 9.96. The van der Waals surface area contributed by atoms with Crippen LogP contribution < -0.4 is 5.32 Å². The molecule has 2 aromatic rings. The molecule has 1 N–H and O–H groups in total. The number of piperidine rings is 1. The number of likely N-dealkylation sites (tertiary alicyclic amines) is 1. The molecule has 3 rings (SSSR count). The molecule has 1 atom stereocenters. The van der Waals surface area contributed by atoms with Crippen LogP contribution in [-0.2, 0) is 9.53 Å². The number of benzene rings is 2. The van der Waals surface area contributed by atoms with Crippen LogP contribution in [0.25, 0.3) is 0 Å². The van der Waals surface area contributed by atoms with Gasteiger partial charge < -0.3 is 10.1 Å². The van der Waals surface area contributed by atoms with Crippen molar-refractivity contribution in [3.05, 3.63) is 54.6 Å². The van der Waals surface area contributed by atoms with Gasteiger partial charge in [0, 0.05) is 23.0 Å². The van der Waals surface area contributed by atoms with E-state index in [2.05, 4.69) is 28.4 Å². The van der Waals surface area contributed by atoms with Crippen LogP contribution in [0, 0.1) is 5.92 Å². The minimum Gasteiger partial charge on any atom is -0.381 e. The summed E-state index contributed by atoms with van der Waals surface area (Å²) in [5.41, 5.74) is 0.874. The highest BCUT2D eigenvalue weighted by atomic mass is 32.2. The molecule has 1 aliphatic rings. The third-order valence-electron chi connectivity index (χ3n) is 5.25. The van der Waals surface area contributed by atoms with E-state index in [1.54, 1.807) is 11.8 Å². The number of amides is 1. The van der Waals surface area contributed by atoms with Crippen LogP contribution >= 0.6 is 11.8 Å². The van der Waals surface area contributed by atoms with E-state index in [4.69, 9.17) is 4.74 Å². The van der Waals surface area contributed by atoms with Gasteiger partial charge in [-0.05, 0) is 70.0 Å². The third-order valence-corrected chi connectivity index (χ3v) is 6.33. The van der Waals surface area contributed by atoms with E-state index in [1.165, 1.54) is 0 Å². The maximum atomic E-state index is 12.9. The molecule has 1 aliphatic heterocycles. The number of nitrogens with zero attached hydrogens (tertiary/aromatic N) is 1. The Morgan fingerprint density at radius 2 is 1.82 bits per heavy atom. The zero-order chi connectivity index (χ0) is 19.8. The predicted molar refractivity (Wildman–Crippen MR) is 116 cm³/mol. The number of hydrogen-bond donors (Lipinski definition) is 1. The molecule has 0 spiro atoms. The van der Waals surface area contributed by atoms with Gasteiger partial charge in [-0.3, -0.25) is 9.69 Å². The molecule has 0 bridgehead atoms. The lowest BCUT2D eigenvalue weighted by Gasteiger charge is -2.35. The van der Waals surface area contributed by atoms with Crippen LogP contribution in [0.4, 0.5) is 5.69 Å². The summed E-state index contributed by atoms with van der Waals surface area (Å²) < 4.78 is 5.56. The van der Waals surface area contributed by atoms with Gasteiger partial charge in [0.05, 0.1) is 11.7 Å². The first-order valence-corrected chi connectivity index (χ1v) is 10.9. The molecule has 0 saturated carbocycles. The summed E-state index contributed by atoms with van der Waals surface area (Å²) >= 11 is 1.67. The normalized spacial score (nSPS) is 16.6. The minimum atomic E-state index is -0.136. The summed E-state index contributed by atoms with van der Waals surface area (Å²) in [4.78, 5) is 17.4. The zero-order valence-corrected chi connectivity index (χ0v) is 17.6. The summed E-state index contributed by atoms with van der Waals surface area (Å²) in [5.74, 6) is 0.679. The molecule has 0 aliphatic carbocycles. The zero-order valence-electron chi connectivity index (χ0n) is 16.8. The van der Waals surface area contributed by atoms with E-state index < -0.39 is 0 Å². The number of para-hydroxylation sites is 1. The first kappa shape index (κ1) is 20.9. The molecule has 2 aromatic carbocycles. The summed E-state index contributed by atoms with van der Waals surface area (Å²) in [5, 5.41) is 3.15. The van der Waals surface area contributed by atoms with Crippen LogP contribution in [0.1, 0.15) is 26.7 Å². The van der Waals surface area contributed by atoms with E-state index in [1.807, 2.05) is 50.2 Å². The van der Waals surface area contributed by atoms with Crippen molar-refractivity contribution in [3.8, 4) is 0 Å². The van der Waals surface area contributed by atoms with Crippen molar-refractivity contribution < 1.29 is 9.53 Å². The standard InChI is InChI=1S/C23H30N2O2S/c1-3-27-17-19-13-15-25(16-14-19)18(2)23(26)24-21-11-7-8-12-22(21)28-20-9-5-4-6-10-20/h4-12,18-19H,3,13-17H2,1-2H3,(H,24,26). The Hall–Kier alpha value is -1.82. The van der Waals surface area contributed by atoms with Crippen molar-refractivity contribution >= 4 is 23.4 Å². The smallest absolute Gasteiger partial charge is 0.241 e. The minimum absolute atomic E-state index is 0.0596. The van der Waals surface area contributed by atoms with E-state index in [0.717, 1.165) is 54.6 Å². The van der Waals surface area contributed by atoms with Gasteiger partial charge in [0.15, 0.2) is 0 Å². The summed E-state index contributed by atoms with van der Waals surface area (Å²) in [6, 6.07) is 18.1. The summed E-state index contributed by atoms with van der Waals surface area (Å²) in [6.45, 7) is 7.56. The van der Waals surface area contributed by atoms with Crippen LogP contribution in [-0.4, -0.2) is 43.2 Å². The first-order valence-electron chi connectivity index (χ1n) is 10.1. The Morgan fingerprint density at radius 1 is 1.14 bits per heavy atom. The van der Waals surface area contributed by atoms with Crippen molar-refractivity contribution in [1.82, 2.24) is 4.90 Å². The molecule has 1 saturated heterocycles. The van der Waals surface area contributed by atoms with Crippen molar-refractivity contribution in [2.75, 3.05) is 31.6 Å². The van der Waals surface area contributed by atoms with Crippen LogP contribution in [0.3, 0.4) is 0 Å². The maximum Gasteiger partial charge on any atom is 0.241 e. The van der Waals surface area contributed by atoms with E-state index in [-0.39, 0.29) is 11.9 Å². The number of anilines is 1. The van der Waals surface area contributed by atoms with E-state index in [9.17, 15) is 4.79 Å². The predicted octanol–water partition coefficient (Wildman–Crippen LogP) is 4.91. The Bertz CT molecular complexity index is 745. The Balaban J connectivity index is 1.57. The Morgan fingerprint density at radius 3 is 2.54 bits per heavy atom. The number of carbonyl (C=O) groups is 1. The second kappa shape index (κ2) is 10.6. The summed E-state index contributed by atoms with van der Waals surface area (Å²) in [7, 11) is 0. The van der Waals surface area contributed by atoms with E-state index >= 15 is 0 Å². The van der Waals surface area contributed by atoms with Crippen LogP contribution in [0.2, 0.25) is 0 Å². The number of hydrogen-bond acceptors (Lipinski definition) is 4. The average Bonchev–Trinajstić information content (AvgIpc) is 2.74. The lowest BCUT2D eigenvalue weighted by Crippen LogP contribution is -2.46. The molecule has 150 valence electrons. The maximum absolute atomic E-state index is 12.9. The summed E-state index contributed by atoms with van der Waals surface area (Å²) in [6.07, 6.45) is 2.19. The topological polar surface area (TPSA) is 41.6 Å². The lowest BCUT2D eigenvalue weighted by molar-refractivity contribution is -0.121.